The van der Waals surface area contributed by atoms with Gasteiger partial charge in [0.15, 0.2) is 0 Å². The van der Waals surface area contributed by atoms with Gasteiger partial charge in [0.25, 0.3) is 6.43 Å². The van der Waals surface area contributed by atoms with Crippen LogP contribution in [0.15, 0.2) is 24.3 Å². The molecule has 2 aliphatic rings. The molecule has 11 heteroatoms. The molecule has 0 spiro atoms. The molecule has 1 aromatic carbocycles. The average Bonchev–Trinajstić information content (AvgIpc) is 3.00. The van der Waals surface area contributed by atoms with Crippen molar-refractivity contribution in [1.82, 2.24) is 5.32 Å². The summed E-state index contributed by atoms with van der Waals surface area (Å²) in [5.74, 6) is 0.699. The highest BCUT2D eigenvalue weighted by Gasteiger charge is 2.32. The number of carbonyl (C=O) groups excluding carboxylic acids is 1. The maximum Gasteiger partial charge on any atom is 0.414 e. The Bertz CT molecular complexity index is 695. The lowest BCUT2D eigenvalue weighted by Crippen LogP contribution is -2.38. The maximum atomic E-state index is 12.4. The van der Waals surface area contributed by atoms with Gasteiger partial charge in [0.2, 0.25) is 0 Å². The zero-order chi connectivity index (χ0) is 19.6. The largest absolute Gasteiger partial charge is 0.442 e. The van der Waals surface area contributed by atoms with Crippen LogP contribution in [0.4, 0.5) is 25.0 Å². The molecule has 2 heterocycles. The SMILES string of the molecule is O=C1O[C@@H](CNC(=S)C(F)F)CN1c1ccc(N2CCS(O)(O)CC2)cc1. The topological polar surface area (TPSA) is 85.3 Å². The maximum absolute atomic E-state index is 12.4. The number of cyclic esters (lactones) is 1. The zero-order valence-electron chi connectivity index (χ0n) is 14.4. The van der Waals surface area contributed by atoms with Crippen molar-refractivity contribution in [3.63, 3.8) is 0 Å². The molecule has 1 amide bonds. The number of amides is 1. The van der Waals surface area contributed by atoms with E-state index < -0.39 is 34.2 Å². The fourth-order valence-electron chi connectivity index (χ4n) is 2.96. The van der Waals surface area contributed by atoms with Crippen LogP contribution >= 0.6 is 22.8 Å². The molecule has 2 saturated heterocycles. The number of carbonyl (C=O) groups is 1. The Balaban J connectivity index is 1.57. The lowest BCUT2D eigenvalue weighted by molar-refractivity contribution is 0.142. The molecular formula is C16H21F2N3O4S2. The summed E-state index contributed by atoms with van der Waals surface area (Å²) >= 11 is 4.51. The Morgan fingerprint density at radius 1 is 1.26 bits per heavy atom. The van der Waals surface area contributed by atoms with Gasteiger partial charge in [-0.05, 0) is 24.3 Å². The Morgan fingerprint density at radius 2 is 1.85 bits per heavy atom. The monoisotopic (exact) mass is 421 g/mol. The molecule has 0 aromatic heterocycles. The minimum absolute atomic E-state index is 0.0314. The lowest BCUT2D eigenvalue weighted by atomic mass is 10.2. The molecule has 1 aromatic rings. The van der Waals surface area contributed by atoms with E-state index in [2.05, 4.69) is 22.4 Å². The number of alkyl halides is 2. The minimum Gasteiger partial charge on any atom is -0.442 e. The molecule has 0 unspecified atom stereocenters. The molecule has 0 radical (unpaired) electrons. The van der Waals surface area contributed by atoms with Gasteiger partial charge in [-0.15, -0.1) is 0 Å². The number of anilines is 2. The number of hydrogen-bond acceptors (Lipinski definition) is 6. The van der Waals surface area contributed by atoms with Crippen molar-refractivity contribution in [2.45, 2.75) is 12.5 Å². The summed E-state index contributed by atoms with van der Waals surface area (Å²) in [7, 11) is -2.45. The van der Waals surface area contributed by atoms with Crippen molar-refractivity contribution < 1.29 is 27.4 Å². The summed E-state index contributed by atoms with van der Waals surface area (Å²) in [4.78, 5) is 15.0. The normalized spacial score (nSPS) is 23.3. The molecule has 2 aliphatic heterocycles. The zero-order valence-corrected chi connectivity index (χ0v) is 16.0. The highest BCUT2D eigenvalue weighted by molar-refractivity contribution is 8.24. The van der Waals surface area contributed by atoms with E-state index in [9.17, 15) is 22.7 Å². The Kier molecular flexibility index (Phi) is 6.04. The summed E-state index contributed by atoms with van der Waals surface area (Å²) in [5, 5.41) is 2.41. The second kappa shape index (κ2) is 8.13. The smallest absolute Gasteiger partial charge is 0.414 e. The van der Waals surface area contributed by atoms with Gasteiger partial charge in [0.1, 0.15) is 11.1 Å². The van der Waals surface area contributed by atoms with Crippen molar-refractivity contribution in [3.8, 4) is 0 Å². The van der Waals surface area contributed by atoms with Crippen LogP contribution in [-0.2, 0) is 4.74 Å². The van der Waals surface area contributed by atoms with Crippen LogP contribution < -0.4 is 15.1 Å². The van der Waals surface area contributed by atoms with Crippen LogP contribution in [0.3, 0.4) is 0 Å². The van der Waals surface area contributed by atoms with Crippen LogP contribution in [0.2, 0.25) is 0 Å². The van der Waals surface area contributed by atoms with Crippen LogP contribution in [0.5, 0.6) is 0 Å². The number of nitrogens with one attached hydrogen (secondary N) is 1. The van der Waals surface area contributed by atoms with Gasteiger partial charge in [-0.2, -0.15) is 10.6 Å². The first kappa shape index (κ1) is 20.1. The van der Waals surface area contributed by atoms with Gasteiger partial charge in [-0.3, -0.25) is 14.0 Å². The van der Waals surface area contributed by atoms with Crippen molar-refractivity contribution in [2.24, 2.45) is 0 Å². The summed E-state index contributed by atoms with van der Waals surface area (Å²) < 4.78 is 49.4. The molecular weight excluding hydrogens is 400 g/mol. The Hall–Kier alpha value is -1.69. The third kappa shape index (κ3) is 4.98. The molecule has 3 N–H and O–H groups in total. The van der Waals surface area contributed by atoms with Crippen LogP contribution in [-0.4, -0.2) is 70.4 Å². The molecule has 2 fully saturated rings. The van der Waals surface area contributed by atoms with Crippen LogP contribution in [0, 0.1) is 0 Å². The third-order valence-corrected chi connectivity index (χ3v) is 6.47. The van der Waals surface area contributed by atoms with E-state index in [-0.39, 0.29) is 13.1 Å². The molecule has 150 valence electrons. The molecule has 0 bridgehead atoms. The van der Waals surface area contributed by atoms with E-state index in [0.29, 0.717) is 30.3 Å². The van der Waals surface area contributed by atoms with Crippen molar-refractivity contribution in [1.29, 1.82) is 0 Å². The van der Waals surface area contributed by atoms with E-state index in [1.165, 1.54) is 4.90 Å². The Labute approximate surface area is 162 Å². The first-order valence-corrected chi connectivity index (χ1v) is 10.7. The molecule has 0 saturated carbocycles. The minimum atomic E-state index is -2.74. The van der Waals surface area contributed by atoms with E-state index in [4.69, 9.17) is 4.74 Å². The summed E-state index contributed by atoms with van der Waals surface area (Å²) in [6.45, 7) is 1.39. The average molecular weight is 421 g/mol. The highest BCUT2D eigenvalue weighted by Crippen LogP contribution is 2.41. The van der Waals surface area contributed by atoms with Crippen molar-refractivity contribution in [3.05, 3.63) is 24.3 Å². The molecule has 0 aliphatic carbocycles. The highest BCUT2D eigenvalue weighted by atomic mass is 32.3. The number of halogens is 2. The van der Waals surface area contributed by atoms with Crippen molar-refractivity contribution >= 4 is 45.3 Å². The summed E-state index contributed by atoms with van der Waals surface area (Å²) in [6.07, 6.45) is -3.84. The summed E-state index contributed by atoms with van der Waals surface area (Å²) in [5.41, 5.74) is 1.57. The number of ether oxygens (including phenoxy) is 1. The predicted octanol–water partition coefficient (Wildman–Crippen LogP) is 2.76. The summed E-state index contributed by atoms with van der Waals surface area (Å²) in [6, 6.07) is 7.28. The second-order valence-electron chi connectivity index (χ2n) is 6.38. The number of benzene rings is 1. The molecule has 3 rings (SSSR count). The second-order valence-corrected chi connectivity index (χ2v) is 9.24. The van der Waals surface area contributed by atoms with Gasteiger partial charge in [-0.25, -0.2) is 13.6 Å². The first-order chi connectivity index (χ1) is 12.7. The fraction of sp³-hybridized carbons (Fsp3) is 0.500. The van der Waals surface area contributed by atoms with E-state index in [1.54, 1.807) is 12.1 Å². The van der Waals surface area contributed by atoms with Gasteiger partial charge < -0.3 is 15.0 Å². The van der Waals surface area contributed by atoms with Gasteiger partial charge in [-0.1, -0.05) is 12.2 Å². The fourth-order valence-corrected chi connectivity index (χ4v) is 4.27. The quantitative estimate of drug-likeness (QED) is 0.631. The van der Waals surface area contributed by atoms with E-state index in [0.717, 1.165) is 5.69 Å². The van der Waals surface area contributed by atoms with Gasteiger partial charge in [0, 0.05) is 24.5 Å². The molecule has 27 heavy (non-hydrogen) atoms. The predicted molar refractivity (Wildman–Crippen MR) is 105 cm³/mol. The third-order valence-electron chi connectivity index (χ3n) is 4.48. The van der Waals surface area contributed by atoms with Gasteiger partial charge >= 0.3 is 6.09 Å². The molecule has 1 atom stereocenters. The number of rotatable bonds is 5. The Morgan fingerprint density at radius 3 is 2.44 bits per heavy atom. The standard InChI is InChI=1S/C16H21F2N3O4S2/c17-14(18)15(26)19-9-13-10-21(16(22)25-13)12-3-1-11(2-4-12)20-5-7-27(23,24)8-6-20/h1-4,13-14,23-24H,5-10H2,(H,19,26)/t13-/m0/s1. The van der Waals surface area contributed by atoms with Crippen molar-refractivity contribution in [2.75, 3.05) is 47.5 Å². The molecule has 7 nitrogen and oxygen atoms in total. The van der Waals surface area contributed by atoms with Gasteiger partial charge in [0.05, 0.1) is 24.6 Å². The van der Waals surface area contributed by atoms with E-state index in [1.807, 2.05) is 12.1 Å². The lowest BCUT2D eigenvalue weighted by Gasteiger charge is -2.41. The van der Waals surface area contributed by atoms with E-state index >= 15 is 0 Å². The van der Waals surface area contributed by atoms with Crippen LogP contribution in [0.25, 0.3) is 0 Å². The van der Waals surface area contributed by atoms with Crippen LogP contribution in [0.1, 0.15) is 0 Å². The number of nitrogens with zero attached hydrogens (tertiary/aromatic N) is 2. The number of hydrogen-bond donors (Lipinski definition) is 3. The number of thiocarbonyl (C=S) groups is 1. The first-order valence-electron chi connectivity index (χ1n) is 8.38.